The minimum atomic E-state index is 0.710. The average Bonchev–Trinajstić information content (AvgIpc) is 2.29. The Balaban J connectivity index is 2.75. The van der Waals surface area contributed by atoms with Crippen molar-refractivity contribution in [2.45, 2.75) is 6.42 Å². The first-order valence-electron chi connectivity index (χ1n) is 5.24. The van der Waals surface area contributed by atoms with Gasteiger partial charge in [0, 0.05) is 18.1 Å². The van der Waals surface area contributed by atoms with Gasteiger partial charge in [-0.1, -0.05) is 15.9 Å². The van der Waals surface area contributed by atoms with E-state index < -0.39 is 0 Å². The van der Waals surface area contributed by atoms with Crippen molar-refractivity contribution in [3.63, 3.8) is 0 Å². The lowest BCUT2D eigenvalue weighted by Gasteiger charge is -2.20. The summed E-state index contributed by atoms with van der Waals surface area (Å²) >= 11 is 3.37. The molecule has 4 heteroatoms. The average molecular weight is 282 g/mol. The maximum absolute atomic E-state index is 9.05. The Morgan fingerprint density at radius 2 is 2.25 bits per heavy atom. The van der Waals surface area contributed by atoms with Crippen LogP contribution in [0.5, 0.6) is 0 Å². The zero-order valence-electron chi connectivity index (χ0n) is 9.63. The van der Waals surface area contributed by atoms with Gasteiger partial charge in [-0.15, -0.1) is 0 Å². The minimum absolute atomic E-state index is 0.710. The number of rotatable bonds is 5. The van der Waals surface area contributed by atoms with Gasteiger partial charge in [0.05, 0.1) is 11.3 Å². The van der Waals surface area contributed by atoms with Gasteiger partial charge in [0.25, 0.3) is 0 Å². The molecule has 0 atom stereocenters. The highest BCUT2D eigenvalue weighted by Gasteiger charge is 2.07. The number of anilines is 1. The molecule has 0 aliphatic heterocycles. The number of hydrogen-bond donors (Lipinski definition) is 1. The lowest BCUT2D eigenvalue weighted by molar-refractivity contribution is 0.712. The van der Waals surface area contributed by atoms with E-state index in [9.17, 15) is 0 Å². The molecule has 0 saturated heterocycles. The van der Waals surface area contributed by atoms with Crippen molar-refractivity contribution in [2.24, 2.45) is 0 Å². The van der Waals surface area contributed by atoms with Crippen LogP contribution in [-0.2, 0) is 0 Å². The molecule has 0 aliphatic carbocycles. The van der Waals surface area contributed by atoms with Crippen LogP contribution in [0.4, 0.5) is 5.69 Å². The van der Waals surface area contributed by atoms with E-state index in [1.54, 1.807) is 0 Å². The number of nitrogens with one attached hydrogen (secondary N) is 1. The summed E-state index contributed by atoms with van der Waals surface area (Å²) in [5, 5.41) is 12.2. The summed E-state index contributed by atoms with van der Waals surface area (Å²) in [5.41, 5.74) is 1.70. The van der Waals surface area contributed by atoms with Gasteiger partial charge in [0.2, 0.25) is 0 Å². The number of benzene rings is 1. The molecule has 0 spiro atoms. The van der Waals surface area contributed by atoms with Crippen LogP contribution < -0.4 is 10.2 Å². The highest BCUT2D eigenvalue weighted by atomic mass is 79.9. The summed E-state index contributed by atoms with van der Waals surface area (Å²) in [6, 6.07) is 8.01. The van der Waals surface area contributed by atoms with Crippen molar-refractivity contribution >= 4 is 21.6 Å². The quantitative estimate of drug-likeness (QED) is 0.843. The fourth-order valence-corrected chi connectivity index (χ4v) is 1.91. The first-order valence-corrected chi connectivity index (χ1v) is 6.03. The smallest absolute Gasteiger partial charge is 0.101 e. The summed E-state index contributed by atoms with van der Waals surface area (Å²) in [4.78, 5) is 2.11. The summed E-state index contributed by atoms with van der Waals surface area (Å²) < 4.78 is 0.941. The van der Waals surface area contributed by atoms with Gasteiger partial charge in [-0.3, -0.25) is 0 Å². The molecule has 0 heterocycles. The summed E-state index contributed by atoms with van der Waals surface area (Å²) in [7, 11) is 3.96. The molecule has 1 aromatic carbocycles. The van der Waals surface area contributed by atoms with Gasteiger partial charge in [0.15, 0.2) is 0 Å². The summed E-state index contributed by atoms with van der Waals surface area (Å²) in [5.74, 6) is 0. The van der Waals surface area contributed by atoms with Crippen LogP contribution in [0, 0.1) is 11.3 Å². The number of nitrogens with zero attached hydrogens (tertiary/aromatic N) is 2. The lowest BCUT2D eigenvalue weighted by atomic mass is 10.2. The van der Waals surface area contributed by atoms with Crippen LogP contribution in [0.2, 0.25) is 0 Å². The van der Waals surface area contributed by atoms with Gasteiger partial charge in [0.1, 0.15) is 6.07 Å². The van der Waals surface area contributed by atoms with Gasteiger partial charge in [-0.05, 0) is 38.2 Å². The van der Waals surface area contributed by atoms with E-state index in [2.05, 4.69) is 32.2 Å². The van der Waals surface area contributed by atoms with Crippen molar-refractivity contribution in [2.75, 3.05) is 32.1 Å². The van der Waals surface area contributed by atoms with Crippen LogP contribution in [0.1, 0.15) is 12.0 Å². The van der Waals surface area contributed by atoms with E-state index in [0.29, 0.717) is 5.56 Å². The molecule has 0 bridgehead atoms. The normalized spacial score (nSPS) is 9.88. The van der Waals surface area contributed by atoms with Gasteiger partial charge >= 0.3 is 0 Å². The van der Waals surface area contributed by atoms with E-state index in [-0.39, 0.29) is 0 Å². The second-order valence-electron chi connectivity index (χ2n) is 3.65. The number of halogens is 1. The van der Waals surface area contributed by atoms with E-state index in [4.69, 9.17) is 5.26 Å². The Bertz CT molecular complexity index is 384. The first-order chi connectivity index (χ1) is 7.69. The predicted molar refractivity (Wildman–Crippen MR) is 70.7 cm³/mol. The van der Waals surface area contributed by atoms with E-state index in [0.717, 1.165) is 29.7 Å². The third kappa shape index (κ3) is 3.51. The molecule has 0 amide bonds. The van der Waals surface area contributed by atoms with Crippen molar-refractivity contribution in [3.05, 3.63) is 28.2 Å². The van der Waals surface area contributed by atoms with Gasteiger partial charge in [-0.25, -0.2) is 0 Å². The molecule has 0 radical (unpaired) electrons. The Hall–Kier alpha value is -1.05. The van der Waals surface area contributed by atoms with Crippen molar-refractivity contribution in [1.82, 2.24) is 5.32 Å². The molecule has 1 N–H and O–H groups in total. The highest BCUT2D eigenvalue weighted by molar-refractivity contribution is 9.10. The highest BCUT2D eigenvalue weighted by Crippen LogP contribution is 2.23. The van der Waals surface area contributed by atoms with Crippen LogP contribution in [-0.4, -0.2) is 27.2 Å². The predicted octanol–water partition coefficient (Wildman–Crippen LogP) is 2.37. The fourth-order valence-electron chi connectivity index (χ4n) is 1.54. The molecular formula is C12H16BrN3. The fraction of sp³-hybridized carbons (Fsp3) is 0.417. The third-order valence-electron chi connectivity index (χ3n) is 2.41. The topological polar surface area (TPSA) is 39.1 Å². The lowest BCUT2D eigenvalue weighted by Crippen LogP contribution is -2.22. The Morgan fingerprint density at radius 1 is 1.50 bits per heavy atom. The van der Waals surface area contributed by atoms with Crippen LogP contribution in [0.25, 0.3) is 0 Å². The zero-order valence-corrected chi connectivity index (χ0v) is 11.2. The van der Waals surface area contributed by atoms with Gasteiger partial charge in [-0.2, -0.15) is 5.26 Å². The molecular weight excluding hydrogens is 266 g/mol. The SMILES string of the molecule is CNCCCN(C)c1ccc(Br)cc1C#N. The Kier molecular flexibility index (Phi) is 5.30. The van der Waals surface area contributed by atoms with Crippen molar-refractivity contribution in [3.8, 4) is 6.07 Å². The van der Waals surface area contributed by atoms with Crippen LogP contribution >= 0.6 is 15.9 Å². The largest absolute Gasteiger partial charge is 0.373 e. The molecule has 86 valence electrons. The molecule has 0 aliphatic rings. The zero-order chi connectivity index (χ0) is 12.0. The van der Waals surface area contributed by atoms with E-state index in [1.165, 1.54) is 0 Å². The summed E-state index contributed by atoms with van der Waals surface area (Å²) in [6.07, 6.45) is 1.06. The Morgan fingerprint density at radius 3 is 2.88 bits per heavy atom. The molecule has 0 unspecified atom stereocenters. The monoisotopic (exact) mass is 281 g/mol. The summed E-state index contributed by atoms with van der Waals surface area (Å²) in [6.45, 7) is 1.93. The second-order valence-corrected chi connectivity index (χ2v) is 4.57. The standard InChI is InChI=1S/C12H16BrN3/c1-15-6-3-7-16(2)12-5-4-11(13)8-10(12)9-14/h4-5,8,15H,3,6-7H2,1-2H3. The molecule has 0 aromatic heterocycles. The first kappa shape index (κ1) is 13.0. The Labute approximate surface area is 105 Å². The van der Waals surface area contributed by atoms with Crippen molar-refractivity contribution < 1.29 is 0 Å². The molecule has 3 nitrogen and oxygen atoms in total. The van der Waals surface area contributed by atoms with Crippen LogP contribution in [0.3, 0.4) is 0 Å². The second kappa shape index (κ2) is 6.51. The number of hydrogen-bond acceptors (Lipinski definition) is 3. The maximum Gasteiger partial charge on any atom is 0.101 e. The molecule has 0 fully saturated rings. The van der Waals surface area contributed by atoms with Crippen LogP contribution in [0.15, 0.2) is 22.7 Å². The van der Waals surface area contributed by atoms with Crippen molar-refractivity contribution in [1.29, 1.82) is 5.26 Å². The third-order valence-corrected chi connectivity index (χ3v) is 2.90. The molecule has 16 heavy (non-hydrogen) atoms. The minimum Gasteiger partial charge on any atom is -0.373 e. The molecule has 1 aromatic rings. The molecule has 1 rings (SSSR count). The number of nitriles is 1. The maximum atomic E-state index is 9.05. The van der Waals surface area contributed by atoms with Gasteiger partial charge < -0.3 is 10.2 Å². The molecule has 0 saturated carbocycles. The van der Waals surface area contributed by atoms with E-state index >= 15 is 0 Å². The van der Waals surface area contributed by atoms with E-state index in [1.807, 2.05) is 32.3 Å².